The molecule has 31 heavy (non-hydrogen) atoms. The largest absolute Gasteiger partial charge is 0.484 e. The molecule has 1 aromatic heterocycles. The van der Waals surface area contributed by atoms with E-state index in [-0.39, 0.29) is 28.6 Å². The quantitative estimate of drug-likeness (QED) is 0.568. The predicted molar refractivity (Wildman–Crippen MR) is 117 cm³/mol. The molecule has 3 aromatic rings. The zero-order valence-corrected chi connectivity index (χ0v) is 18.6. The van der Waals surface area contributed by atoms with E-state index < -0.39 is 10.0 Å². The number of carbonyl (C=O) groups excluding carboxylic acids is 1. The highest BCUT2D eigenvalue weighted by atomic mass is 32.2. The van der Waals surface area contributed by atoms with Crippen molar-refractivity contribution in [1.29, 1.82) is 0 Å². The molecule has 0 fully saturated rings. The van der Waals surface area contributed by atoms with E-state index in [1.165, 1.54) is 35.9 Å². The van der Waals surface area contributed by atoms with Crippen LogP contribution in [0.3, 0.4) is 0 Å². The lowest BCUT2D eigenvalue weighted by molar-refractivity contribution is -0.118. The second-order valence-electron chi connectivity index (χ2n) is 8.00. The third-order valence-electron chi connectivity index (χ3n) is 4.36. The number of hydrogen-bond donors (Lipinski definition) is 1. The van der Waals surface area contributed by atoms with Crippen LogP contribution >= 0.6 is 0 Å². The fourth-order valence-corrected chi connectivity index (χ4v) is 3.60. The summed E-state index contributed by atoms with van der Waals surface area (Å²) in [5.41, 5.74) is 1.65. The molecule has 0 atom stereocenters. The number of hydrogen-bond acceptors (Lipinski definition) is 6. The Morgan fingerprint density at radius 2 is 1.74 bits per heavy atom. The Kier molecular flexibility index (Phi) is 6.35. The van der Waals surface area contributed by atoms with Crippen molar-refractivity contribution < 1.29 is 22.5 Å². The third-order valence-corrected chi connectivity index (χ3v) is 5.65. The second kappa shape index (κ2) is 8.81. The van der Waals surface area contributed by atoms with Crippen LogP contribution in [0.25, 0.3) is 4.72 Å². The lowest BCUT2D eigenvalue weighted by atomic mass is 9.87. The van der Waals surface area contributed by atoms with Gasteiger partial charge in [-0.1, -0.05) is 32.9 Å². The molecule has 0 aliphatic carbocycles. The van der Waals surface area contributed by atoms with Crippen LogP contribution in [-0.4, -0.2) is 26.1 Å². The van der Waals surface area contributed by atoms with Gasteiger partial charge in [0.25, 0.3) is 5.91 Å². The lowest BCUT2D eigenvalue weighted by Crippen LogP contribution is -2.20. The average Bonchev–Trinajstić information content (AvgIpc) is 3.10. The Balaban J connectivity index is 1.55. The van der Waals surface area contributed by atoms with Crippen LogP contribution in [0, 0.1) is 6.92 Å². The van der Waals surface area contributed by atoms with E-state index in [0.717, 1.165) is 0 Å². The minimum absolute atomic E-state index is 0.0254. The number of ether oxygens (including phenoxy) is 1. The van der Waals surface area contributed by atoms with Crippen LogP contribution in [-0.2, 0) is 20.2 Å². The molecule has 9 heteroatoms. The van der Waals surface area contributed by atoms with Gasteiger partial charge in [0.1, 0.15) is 11.5 Å². The summed E-state index contributed by atoms with van der Waals surface area (Å²) in [7, 11) is -3.94. The number of aromatic nitrogens is 1. The molecule has 1 N–H and O–H groups in total. The third kappa shape index (κ3) is 6.08. The number of amides is 1. The standard InChI is InChI=1S/C22H25N3O5S/c1-15-13-20(24-30-15)25-31(27,28)19-11-7-17(8-12-19)23-21(26)14-29-18-9-5-16(6-10-18)22(2,3)4/h5-13H,14H2,1-4H3,(H2,23,24,25,26)/p-1. The van der Waals surface area contributed by atoms with Gasteiger partial charge in [0.2, 0.25) is 10.0 Å². The number of aryl methyl sites for hydroxylation is 1. The summed E-state index contributed by atoms with van der Waals surface area (Å²) >= 11 is 0. The number of rotatable bonds is 7. The van der Waals surface area contributed by atoms with Gasteiger partial charge in [0.05, 0.1) is 4.90 Å². The summed E-state index contributed by atoms with van der Waals surface area (Å²) in [6.07, 6.45) is 0. The molecule has 8 nitrogen and oxygen atoms in total. The van der Waals surface area contributed by atoms with Gasteiger partial charge in [-0.3, -0.25) is 9.95 Å². The summed E-state index contributed by atoms with van der Waals surface area (Å²) in [5, 5.41) is 6.22. The van der Waals surface area contributed by atoms with Crippen LogP contribution in [0.4, 0.5) is 11.5 Å². The number of benzene rings is 2. The Morgan fingerprint density at radius 3 is 2.29 bits per heavy atom. The monoisotopic (exact) mass is 442 g/mol. The molecular formula is C22H24N3O5S-. The molecule has 0 unspecified atom stereocenters. The van der Waals surface area contributed by atoms with Crippen molar-refractivity contribution in [2.45, 2.75) is 38.0 Å². The SMILES string of the molecule is Cc1cc([N-]S(=O)(=O)c2ccc(NC(=O)COc3ccc(C(C)(C)C)cc3)cc2)no1. The fraction of sp³-hybridized carbons (Fsp3) is 0.273. The first kappa shape index (κ1) is 22.4. The summed E-state index contributed by atoms with van der Waals surface area (Å²) in [5.74, 6) is 0.662. The van der Waals surface area contributed by atoms with E-state index in [2.05, 4.69) is 36.0 Å². The van der Waals surface area contributed by atoms with Crippen molar-refractivity contribution in [1.82, 2.24) is 5.16 Å². The highest BCUT2D eigenvalue weighted by Crippen LogP contribution is 2.28. The summed E-state index contributed by atoms with van der Waals surface area (Å²) < 4.78 is 38.6. The van der Waals surface area contributed by atoms with Crippen LogP contribution in [0.2, 0.25) is 0 Å². The van der Waals surface area contributed by atoms with E-state index >= 15 is 0 Å². The molecular weight excluding hydrogens is 418 g/mol. The molecule has 0 radical (unpaired) electrons. The smallest absolute Gasteiger partial charge is 0.262 e. The Morgan fingerprint density at radius 1 is 1.10 bits per heavy atom. The van der Waals surface area contributed by atoms with Gasteiger partial charge < -0.3 is 19.3 Å². The molecule has 1 amide bonds. The molecule has 0 spiro atoms. The van der Waals surface area contributed by atoms with Crippen LogP contribution in [0.1, 0.15) is 32.1 Å². The van der Waals surface area contributed by atoms with Crippen LogP contribution in [0.5, 0.6) is 5.75 Å². The van der Waals surface area contributed by atoms with Crippen molar-refractivity contribution in [3.63, 3.8) is 0 Å². The van der Waals surface area contributed by atoms with E-state index in [1.807, 2.05) is 24.3 Å². The number of anilines is 1. The molecule has 1 heterocycles. The van der Waals surface area contributed by atoms with Crippen molar-refractivity contribution in [2.24, 2.45) is 0 Å². The predicted octanol–water partition coefficient (Wildman–Crippen LogP) is 4.69. The van der Waals surface area contributed by atoms with E-state index in [0.29, 0.717) is 17.2 Å². The van der Waals surface area contributed by atoms with Gasteiger partial charge in [-0.25, -0.2) is 8.42 Å². The topological polar surface area (TPSA) is 113 Å². The molecule has 3 rings (SSSR count). The molecule has 0 aliphatic heterocycles. The Bertz CT molecular complexity index is 1150. The Labute approximate surface area is 181 Å². The minimum atomic E-state index is -3.94. The summed E-state index contributed by atoms with van der Waals surface area (Å²) in [6.45, 7) is 7.83. The second-order valence-corrected chi connectivity index (χ2v) is 9.60. The van der Waals surface area contributed by atoms with Crippen LogP contribution in [0.15, 0.2) is 64.0 Å². The molecule has 0 bridgehead atoms. The average molecular weight is 443 g/mol. The van der Waals surface area contributed by atoms with Crippen molar-refractivity contribution in [2.75, 3.05) is 11.9 Å². The van der Waals surface area contributed by atoms with Gasteiger partial charge >= 0.3 is 0 Å². The van der Waals surface area contributed by atoms with E-state index in [4.69, 9.17) is 9.26 Å². The summed E-state index contributed by atoms with van der Waals surface area (Å²) in [4.78, 5) is 12.1. The zero-order valence-electron chi connectivity index (χ0n) is 17.7. The number of nitrogens with one attached hydrogen (secondary N) is 1. The normalized spacial score (nSPS) is 11.7. The first-order chi connectivity index (χ1) is 14.5. The van der Waals surface area contributed by atoms with Gasteiger partial charge in [-0.05, 0) is 66.2 Å². The van der Waals surface area contributed by atoms with E-state index in [1.54, 1.807) is 6.92 Å². The van der Waals surface area contributed by atoms with E-state index in [9.17, 15) is 13.2 Å². The first-order valence-corrected chi connectivity index (χ1v) is 11.0. The van der Waals surface area contributed by atoms with Crippen molar-refractivity contribution in [3.05, 3.63) is 70.6 Å². The van der Waals surface area contributed by atoms with Gasteiger partial charge in [0.15, 0.2) is 6.61 Å². The van der Waals surface area contributed by atoms with Gasteiger partial charge in [0, 0.05) is 5.69 Å². The summed E-state index contributed by atoms with van der Waals surface area (Å²) in [6, 6.07) is 14.7. The molecule has 2 aromatic carbocycles. The molecule has 0 saturated heterocycles. The van der Waals surface area contributed by atoms with Gasteiger partial charge in [-0.2, -0.15) is 0 Å². The van der Waals surface area contributed by atoms with Crippen molar-refractivity contribution in [3.8, 4) is 5.75 Å². The molecule has 0 aliphatic rings. The maximum Gasteiger partial charge on any atom is 0.262 e. The fourth-order valence-electron chi connectivity index (χ4n) is 2.68. The van der Waals surface area contributed by atoms with Crippen LogP contribution < -0.4 is 10.1 Å². The highest BCUT2D eigenvalue weighted by molar-refractivity contribution is 7.94. The first-order valence-electron chi connectivity index (χ1n) is 9.57. The highest BCUT2D eigenvalue weighted by Gasteiger charge is 2.14. The lowest BCUT2D eigenvalue weighted by Gasteiger charge is -2.19. The molecule has 0 saturated carbocycles. The number of carbonyl (C=O) groups is 1. The molecule has 164 valence electrons. The minimum Gasteiger partial charge on any atom is -0.484 e. The maximum absolute atomic E-state index is 12.3. The zero-order chi connectivity index (χ0) is 22.6. The number of nitrogens with zero attached hydrogens (tertiary/aromatic N) is 2. The maximum atomic E-state index is 12.3. The number of sulfonamides is 1. The van der Waals surface area contributed by atoms with Gasteiger partial charge in [-0.15, -0.1) is 0 Å². The Hall–Kier alpha value is -3.33. The van der Waals surface area contributed by atoms with Crippen molar-refractivity contribution >= 4 is 27.4 Å².